The van der Waals surface area contributed by atoms with Crippen LogP contribution in [0.1, 0.15) is 29.7 Å². The summed E-state index contributed by atoms with van der Waals surface area (Å²) in [6, 6.07) is 11.8. The van der Waals surface area contributed by atoms with Crippen LogP contribution in [0, 0.1) is 5.82 Å². The number of hydrogen-bond acceptors (Lipinski definition) is 2. The summed E-state index contributed by atoms with van der Waals surface area (Å²) in [6.45, 7) is -0.160. The predicted octanol–water partition coefficient (Wildman–Crippen LogP) is 4.12. The summed E-state index contributed by atoms with van der Waals surface area (Å²) in [5, 5.41) is 13.7. The average Bonchev–Trinajstić information content (AvgIpc) is 2.99. The zero-order valence-electron chi connectivity index (χ0n) is 16.3. The van der Waals surface area contributed by atoms with Crippen LogP contribution in [-0.2, 0) is 35.4 Å². The van der Waals surface area contributed by atoms with Crippen molar-refractivity contribution in [1.82, 2.24) is 9.88 Å². The number of carbonyl (C=O) groups excluding carboxylic acids is 1. The highest BCUT2D eigenvalue weighted by Gasteiger charge is 2.27. The first-order valence-corrected chi connectivity index (χ1v) is 10.3. The van der Waals surface area contributed by atoms with Crippen molar-refractivity contribution in [3.05, 3.63) is 70.1 Å². The summed E-state index contributed by atoms with van der Waals surface area (Å²) in [7, 11) is 0. The van der Waals surface area contributed by atoms with Gasteiger partial charge in [-0.3, -0.25) is 9.59 Å². The number of amides is 1. The topological polar surface area (TPSA) is 71.3 Å². The van der Waals surface area contributed by atoms with Gasteiger partial charge in [0.1, 0.15) is 12.4 Å². The summed E-state index contributed by atoms with van der Waals surface area (Å²) < 4.78 is 15.6. The molecule has 1 aliphatic carbocycles. The van der Waals surface area contributed by atoms with Crippen LogP contribution in [0.5, 0.6) is 0 Å². The van der Waals surface area contributed by atoms with Crippen LogP contribution in [-0.4, -0.2) is 27.6 Å². The number of aryl methyl sites for hydroxylation is 1. The van der Waals surface area contributed by atoms with Gasteiger partial charge in [-0.1, -0.05) is 29.8 Å². The fraction of sp³-hybridized carbons (Fsp3) is 0.304. The van der Waals surface area contributed by atoms with Gasteiger partial charge in [0.2, 0.25) is 5.91 Å². The van der Waals surface area contributed by atoms with Crippen LogP contribution in [0.25, 0.3) is 10.9 Å². The number of aliphatic carboxylic acids is 1. The number of nitrogens with one attached hydrogen (secondary N) is 1. The number of rotatable bonds is 6. The van der Waals surface area contributed by atoms with E-state index in [1.807, 2.05) is 24.3 Å². The quantitative estimate of drug-likeness (QED) is 0.620. The second-order valence-electron chi connectivity index (χ2n) is 7.67. The molecule has 2 aromatic carbocycles. The minimum Gasteiger partial charge on any atom is -0.480 e. The largest absolute Gasteiger partial charge is 0.480 e. The van der Waals surface area contributed by atoms with Gasteiger partial charge in [-0.2, -0.15) is 0 Å². The molecule has 1 amide bonds. The second-order valence-corrected chi connectivity index (χ2v) is 8.07. The smallest absolute Gasteiger partial charge is 0.323 e. The van der Waals surface area contributed by atoms with E-state index in [9.17, 15) is 19.1 Å². The highest BCUT2D eigenvalue weighted by molar-refractivity contribution is 6.31. The van der Waals surface area contributed by atoms with Crippen molar-refractivity contribution in [3.63, 3.8) is 0 Å². The Labute approximate surface area is 178 Å². The third-order valence-corrected chi connectivity index (χ3v) is 6.04. The Morgan fingerprint density at radius 1 is 1.23 bits per heavy atom. The first kappa shape index (κ1) is 20.4. The fourth-order valence-electron chi connectivity index (χ4n) is 4.31. The Bertz CT molecular complexity index is 1130. The van der Waals surface area contributed by atoms with Gasteiger partial charge in [0.05, 0.1) is 0 Å². The molecule has 30 heavy (non-hydrogen) atoms. The van der Waals surface area contributed by atoms with Crippen LogP contribution in [0.4, 0.5) is 4.39 Å². The zero-order valence-corrected chi connectivity index (χ0v) is 17.1. The van der Waals surface area contributed by atoms with Crippen molar-refractivity contribution in [2.75, 3.05) is 0 Å². The molecule has 0 unspecified atom stereocenters. The Morgan fingerprint density at radius 2 is 2.03 bits per heavy atom. The third kappa shape index (κ3) is 4.19. The summed E-state index contributed by atoms with van der Waals surface area (Å²) in [5.74, 6) is -1.35. The van der Waals surface area contributed by atoms with Crippen molar-refractivity contribution in [1.29, 1.82) is 0 Å². The molecule has 4 rings (SSSR count). The summed E-state index contributed by atoms with van der Waals surface area (Å²) in [6.07, 6.45) is 2.80. The molecular formula is C23H22ClFN2O3. The van der Waals surface area contributed by atoms with E-state index in [-0.39, 0.29) is 24.3 Å². The molecule has 156 valence electrons. The third-order valence-electron chi connectivity index (χ3n) is 5.67. The Kier molecular flexibility index (Phi) is 5.77. The van der Waals surface area contributed by atoms with Crippen LogP contribution in [0.15, 0.2) is 42.5 Å². The SMILES string of the molecule is O=C(O)Cn1c2c(c3cc(F)ccc31)C[C@H](NC(=O)CCc1ccccc1Cl)CC2. The maximum atomic E-state index is 13.9. The molecule has 1 heterocycles. The molecule has 0 fully saturated rings. The van der Waals surface area contributed by atoms with Crippen molar-refractivity contribution in [2.45, 2.75) is 44.7 Å². The van der Waals surface area contributed by atoms with Gasteiger partial charge >= 0.3 is 5.97 Å². The van der Waals surface area contributed by atoms with E-state index >= 15 is 0 Å². The highest BCUT2D eigenvalue weighted by atomic mass is 35.5. The van der Waals surface area contributed by atoms with E-state index < -0.39 is 5.97 Å². The summed E-state index contributed by atoms with van der Waals surface area (Å²) >= 11 is 6.16. The van der Waals surface area contributed by atoms with E-state index in [0.29, 0.717) is 37.1 Å². The van der Waals surface area contributed by atoms with Gasteiger partial charge in [0, 0.05) is 34.1 Å². The molecule has 2 N–H and O–H groups in total. The number of carboxylic acids is 1. The molecule has 0 spiro atoms. The maximum absolute atomic E-state index is 13.9. The molecule has 0 saturated heterocycles. The first-order chi connectivity index (χ1) is 14.4. The Hall–Kier alpha value is -2.86. The zero-order chi connectivity index (χ0) is 21.3. The van der Waals surface area contributed by atoms with Gasteiger partial charge in [-0.15, -0.1) is 0 Å². The number of carbonyl (C=O) groups is 2. The van der Waals surface area contributed by atoms with E-state index in [4.69, 9.17) is 11.6 Å². The van der Waals surface area contributed by atoms with Crippen molar-refractivity contribution >= 4 is 34.4 Å². The lowest BCUT2D eigenvalue weighted by molar-refractivity contribution is -0.137. The van der Waals surface area contributed by atoms with E-state index in [1.54, 1.807) is 10.6 Å². The number of aromatic nitrogens is 1. The number of fused-ring (bicyclic) bond motifs is 3. The van der Waals surface area contributed by atoms with Gasteiger partial charge in [-0.05, 0) is 61.1 Å². The number of hydrogen-bond donors (Lipinski definition) is 2. The van der Waals surface area contributed by atoms with Gasteiger partial charge < -0.3 is 15.0 Å². The molecule has 7 heteroatoms. The minimum atomic E-state index is -0.936. The highest BCUT2D eigenvalue weighted by Crippen LogP contribution is 2.33. The molecule has 1 aromatic heterocycles. The number of benzene rings is 2. The number of halogens is 2. The van der Waals surface area contributed by atoms with Crippen molar-refractivity contribution in [3.8, 4) is 0 Å². The lowest BCUT2D eigenvalue weighted by Gasteiger charge is -2.25. The van der Waals surface area contributed by atoms with E-state index in [1.165, 1.54) is 12.1 Å². The molecule has 0 aliphatic heterocycles. The molecular weight excluding hydrogens is 407 g/mol. The number of nitrogens with zero attached hydrogens (tertiary/aromatic N) is 1. The summed E-state index contributed by atoms with van der Waals surface area (Å²) in [4.78, 5) is 23.8. The Balaban J connectivity index is 1.50. The first-order valence-electron chi connectivity index (χ1n) is 9.96. The van der Waals surface area contributed by atoms with Crippen LogP contribution in [0.2, 0.25) is 5.02 Å². The Morgan fingerprint density at radius 3 is 2.80 bits per heavy atom. The fourth-order valence-corrected chi connectivity index (χ4v) is 4.54. The molecule has 1 atom stereocenters. The molecule has 0 radical (unpaired) electrons. The molecule has 3 aromatic rings. The lowest BCUT2D eigenvalue weighted by Crippen LogP contribution is -2.39. The van der Waals surface area contributed by atoms with Crippen LogP contribution < -0.4 is 5.32 Å². The molecule has 5 nitrogen and oxygen atoms in total. The summed E-state index contributed by atoms with van der Waals surface area (Å²) in [5.41, 5.74) is 3.50. The van der Waals surface area contributed by atoms with Crippen LogP contribution in [0.3, 0.4) is 0 Å². The molecule has 0 saturated carbocycles. The number of carboxylic acid groups (broad SMARTS) is 1. The second kappa shape index (κ2) is 8.48. The van der Waals surface area contributed by atoms with Gasteiger partial charge in [0.25, 0.3) is 0 Å². The van der Waals surface area contributed by atoms with E-state index in [2.05, 4.69) is 5.32 Å². The average molecular weight is 429 g/mol. The monoisotopic (exact) mass is 428 g/mol. The molecule has 0 bridgehead atoms. The van der Waals surface area contributed by atoms with Crippen molar-refractivity contribution < 1.29 is 19.1 Å². The van der Waals surface area contributed by atoms with Crippen LogP contribution >= 0.6 is 11.6 Å². The van der Waals surface area contributed by atoms with Gasteiger partial charge in [0.15, 0.2) is 0 Å². The van der Waals surface area contributed by atoms with Crippen molar-refractivity contribution in [2.24, 2.45) is 0 Å². The lowest BCUT2D eigenvalue weighted by atomic mass is 9.91. The predicted molar refractivity (Wildman–Crippen MR) is 113 cm³/mol. The normalized spacial score (nSPS) is 15.7. The minimum absolute atomic E-state index is 0.0520. The maximum Gasteiger partial charge on any atom is 0.323 e. The molecule has 1 aliphatic rings. The standard InChI is InChI=1S/C23H22ClFN2O3/c24-19-4-2-1-3-14(19)5-10-22(28)26-16-7-9-21-18(12-16)17-11-15(25)6-8-20(17)27(21)13-23(29)30/h1-4,6,8,11,16H,5,7,9-10,12-13H2,(H,26,28)(H,29,30)/t16-/m1/s1. The van der Waals surface area contributed by atoms with Gasteiger partial charge in [-0.25, -0.2) is 4.39 Å². The van der Waals surface area contributed by atoms with E-state index in [0.717, 1.165) is 27.7 Å².